The first-order chi connectivity index (χ1) is 8.36. The number of amides is 3. The van der Waals surface area contributed by atoms with Crippen LogP contribution in [0.5, 0.6) is 0 Å². The molecule has 0 saturated carbocycles. The second-order valence-electron chi connectivity index (χ2n) is 4.16. The van der Waals surface area contributed by atoms with E-state index in [1.54, 1.807) is 6.92 Å². The molecule has 0 aromatic carbocycles. The Morgan fingerprint density at radius 3 is 2.50 bits per heavy atom. The fourth-order valence-electron chi connectivity index (χ4n) is 1.94. The summed E-state index contributed by atoms with van der Waals surface area (Å²) in [5.74, 6) is -1.84. The number of carbonyl (C=O) groups is 3. The first kappa shape index (κ1) is 14.2. The van der Waals surface area contributed by atoms with Crippen LogP contribution in [0.15, 0.2) is 0 Å². The molecule has 0 spiro atoms. The van der Waals surface area contributed by atoms with Crippen LogP contribution in [0.2, 0.25) is 0 Å². The Balaban J connectivity index is 2.80. The minimum atomic E-state index is -1.17. The number of aliphatic carboxylic acids is 1. The van der Waals surface area contributed by atoms with Crippen molar-refractivity contribution >= 4 is 17.9 Å². The van der Waals surface area contributed by atoms with Crippen molar-refractivity contribution in [3.8, 4) is 0 Å². The van der Waals surface area contributed by atoms with Crippen molar-refractivity contribution in [2.45, 2.75) is 25.5 Å². The highest BCUT2D eigenvalue weighted by Gasteiger charge is 2.40. The summed E-state index contributed by atoms with van der Waals surface area (Å²) in [6.45, 7) is 1.57. The van der Waals surface area contributed by atoms with E-state index in [1.165, 1.54) is 0 Å². The number of likely N-dealkylation sites (tertiary alicyclic amines) is 1. The zero-order valence-corrected chi connectivity index (χ0v) is 10.1. The molecule has 0 aliphatic carbocycles. The van der Waals surface area contributed by atoms with Gasteiger partial charge in [-0.3, -0.25) is 4.79 Å². The van der Waals surface area contributed by atoms with E-state index >= 15 is 0 Å². The maximum atomic E-state index is 12.0. The molecule has 8 nitrogen and oxygen atoms in total. The van der Waals surface area contributed by atoms with Gasteiger partial charge >= 0.3 is 12.0 Å². The van der Waals surface area contributed by atoms with Crippen LogP contribution in [0.4, 0.5) is 4.79 Å². The number of likely N-dealkylation sites (N-methyl/N-ethyl adjacent to an activating group) is 1. The van der Waals surface area contributed by atoms with Crippen molar-refractivity contribution in [2.75, 3.05) is 19.6 Å². The number of β-amino-alcohol motifs (C(OH)–C–C–N with tert-alkyl or cyclic N) is 1. The summed E-state index contributed by atoms with van der Waals surface area (Å²) in [6, 6.07) is -1.66. The number of urea groups is 1. The molecule has 1 fully saturated rings. The Labute approximate surface area is 104 Å². The molecule has 0 radical (unpaired) electrons. The number of primary amides is 1. The van der Waals surface area contributed by atoms with E-state index in [-0.39, 0.29) is 26.1 Å². The van der Waals surface area contributed by atoms with Gasteiger partial charge in [0.05, 0.1) is 6.10 Å². The molecule has 3 amide bonds. The maximum absolute atomic E-state index is 12.0. The highest BCUT2D eigenvalue weighted by Crippen LogP contribution is 2.19. The predicted octanol–water partition coefficient (Wildman–Crippen LogP) is -1.57. The van der Waals surface area contributed by atoms with Gasteiger partial charge < -0.3 is 25.7 Å². The SMILES string of the molecule is CCN(CC(N)=O)C(=O)N1CC(O)CC1C(=O)O. The number of aliphatic hydroxyl groups is 1. The first-order valence-electron chi connectivity index (χ1n) is 5.61. The van der Waals surface area contributed by atoms with E-state index in [1.807, 2.05) is 0 Å². The second kappa shape index (κ2) is 5.67. The lowest BCUT2D eigenvalue weighted by molar-refractivity contribution is -0.141. The van der Waals surface area contributed by atoms with Gasteiger partial charge in [-0.25, -0.2) is 9.59 Å². The fraction of sp³-hybridized carbons (Fsp3) is 0.700. The van der Waals surface area contributed by atoms with E-state index < -0.39 is 30.1 Å². The Morgan fingerprint density at radius 2 is 2.06 bits per heavy atom. The Bertz CT molecular complexity index is 359. The molecule has 2 atom stereocenters. The average molecular weight is 259 g/mol. The third-order valence-electron chi connectivity index (χ3n) is 2.81. The molecule has 8 heteroatoms. The number of hydrogen-bond acceptors (Lipinski definition) is 4. The van der Waals surface area contributed by atoms with Gasteiger partial charge in [-0.1, -0.05) is 0 Å². The molecule has 1 aliphatic rings. The van der Waals surface area contributed by atoms with Crippen molar-refractivity contribution in [1.82, 2.24) is 9.80 Å². The Kier molecular flexibility index (Phi) is 4.49. The number of nitrogens with two attached hydrogens (primary N) is 1. The molecule has 2 unspecified atom stereocenters. The molecule has 0 aromatic rings. The number of rotatable bonds is 4. The number of carboxylic acids is 1. The number of carboxylic acid groups (broad SMARTS) is 1. The minimum absolute atomic E-state index is 0.00476. The van der Waals surface area contributed by atoms with Gasteiger partial charge in [0.15, 0.2) is 0 Å². The molecular weight excluding hydrogens is 242 g/mol. The molecule has 1 heterocycles. The van der Waals surface area contributed by atoms with E-state index in [0.29, 0.717) is 0 Å². The number of carbonyl (C=O) groups excluding carboxylic acids is 2. The quantitative estimate of drug-likeness (QED) is 0.563. The number of hydrogen-bond donors (Lipinski definition) is 3. The molecule has 1 saturated heterocycles. The third-order valence-corrected chi connectivity index (χ3v) is 2.81. The molecule has 18 heavy (non-hydrogen) atoms. The average Bonchev–Trinajstić information content (AvgIpc) is 2.67. The largest absolute Gasteiger partial charge is 0.480 e. The van der Waals surface area contributed by atoms with Crippen LogP contribution < -0.4 is 5.73 Å². The van der Waals surface area contributed by atoms with Gasteiger partial charge in [-0.15, -0.1) is 0 Å². The topological polar surface area (TPSA) is 124 Å². The van der Waals surface area contributed by atoms with E-state index in [0.717, 1.165) is 9.80 Å². The molecular formula is C10H17N3O5. The molecule has 102 valence electrons. The van der Waals surface area contributed by atoms with Crippen LogP contribution in [-0.4, -0.2) is 69.7 Å². The normalized spacial score (nSPS) is 22.9. The molecule has 4 N–H and O–H groups in total. The lowest BCUT2D eigenvalue weighted by Crippen LogP contribution is -2.50. The van der Waals surface area contributed by atoms with Crippen molar-refractivity contribution in [1.29, 1.82) is 0 Å². The second-order valence-corrected chi connectivity index (χ2v) is 4.16. The van der Waals surface area contributed by atoms with E-state index in [4.69, 9.17) is 10.8 Å². The van der Waals surface area contributed by atoms with Gasteiger partial charge in [-0.05, 0) is 6.92 Å². The van der Waals surface area contributed by atoms with E-state index in [9.17, 15) is 19.5 Å². The number of aliphatic hydroxyl groups excluding tert-OH is 1. The Hall–Kier alpha value is -1.83. The summed E-state index contributed by atoms with van der Waals surface area (Å²) < 4.78 is 0. The summed E-state index contributed by atoms with van der Waals surface area (Å²) >= 11 is 0. The van der Waals surface area contributed by atoms with Crippen molar-refractivity contribution in [3.63, 3.8) is 0 Å². The summed E-state index contributed by atoms with van der Waals surface area (Å²) in [5.41, 5.74) is 5.01. The lowest BCUT2D eigenvalue weighted by atomic mass is 10.2. The van der Waals surface area contributed by atoms with Gasteiger partial charge in [0, 0.05) is 19.5 Å². The fourth-order valence-corrected chi connectivity index (χ4v) is 1.94. The van der Waals surface area contributed by atoms with Crippen LogP contribution in [0.1, 0.15) is 13.3 Å². The standard InChI is InChI=1S/C10H17N3O5/c1-2-12(5-8(11)15)10(18)13-4-6(14)3-7(13)9(16)17/h6-7,14H,2-5H2,1H3,(H2,11,15)(H,16,17). The minimum Gasteiger partial charge on any atom is -0.480 e. The van der Waals surface area contributed by atoms with E-state index in [2.05, 4.69) is 0 Å². The maximum Gasteiger partial charge on any atom is 0.326 e. The zero-order chi connectivity index (χ0) is 13.9. The van der Waals surface area contributed by atoms with Crippen molar-refractivity contribution in [3.05, 3.63) is 0 Å². The number of nitrogens with zero attached hydrogens (tertiary/aromatic N) is 2. The van der Waals surface area contributed by atoms with Crippen molar-refractivity contribution < 1.29 is 24.6 Å². The molecule has 0 aromatic heterocycles. The highest BCUT2D eigenvalue weighted by molar-refractivity contribution is 5.86. The summed E-state index contributed by atoms with van der Waals surface area (Å²) in [5, 5.41) is 18.4. The lowest BCUT2D eigenvalue weighted by Gasteiger charge is -2.28. The monoisotopic (exact) mass is 259 g/mol. The molecule has 0 bridgehead atoms. The molecule has 1 aliphatic heterocycles. The summed E-state index contributed by atoms with van der Waals surface area (Å²) in [6.07, 6.45) is -0.864. The predicted molar refractivity (Wildman–Crippen MR) is 60.6 cm³/mol. The third kappa shape index (κ3) is 3.10. The zero-order valence-electron chi connectivity index (χ0n) is 10.1. The highest BCUT2D eigenvalue weighted by atomic mass is 16.4. The van der Waals surface area contributed by atoms with Gasteiger partial charge in [0.25, 0.3) is 0 Å². The van der Waals surface area contributed by atoms with Crippen LogP contribution in [0.25, 0.3) is 0 Å². The smallest absolute Gasteiger partial charge is 0.326 e. The van der Waals surface area contributed by atoms with Crippen molar-refractivity contribution in [2.24, 2.45) is 5.73 Å². The van der Waals surface area contributed by atoms with Gasteiger partial charge in [0.2, 0.25) is 5.91 Å². The van der Waals surface area contributed by atoms with Crippen LogP contribution >= 0.6 is 0 Å². The first-order valence-corrected chi connectivity index (χ1v) is 5.61. The van der Waals surface area contributed by atoms with Crippen LogP contribution in [-0.2, 0) is 9.59 Å². The summed E-state index contributed by atoms with van der Waals surface area (Å²) in [4.78, 5) is 36.0. The molecule has 1 rings (SSSR count). The van der Waals surface area contributed by atoms with Gasteiger partial charge in [0.1, 0.15) is 12.6 Å². The van der Waals surface area contributed by atoms with Crippen LogP contribution in [0, 0.1) is 0 Å². The van der Waals surface area contributed by atoms with Gasteiger partial charge in [-0.2, -0.15) is 0 Å². The van der Waals surface area contributed by atoms with Crippen LogP contribution in [0.3, 0.4) is 0 Å². The summed E-state index contributed by atoms with van der Waals surface area (Å²) in [7, 11) is 0. The Morgan fingerprint density at radius 1 is 1.44 bits per heavy atom.